The summed E-state index contributed by atoms with van der Waals surface area (Å²) >= 11 is 0. The highest BCUT2D eigenvalue weighted by Gasteiger charge is 2.24. The molecular weight excluding hydrogens is 197 g/mol. The Labute approximate surface area is 87.9 Å². The van der Waals surface area contributed by atoms with Crippen LogP contribution in [0.2, 0.25) is 0 Å². The highest BCUT2D eigenvalue weighted by Crippen LogP contribution is 2.18. The van der Waals surface area contributed by atoms with Crippen LogP contribution in [0.5, 0.6) is 0 Å². The SMILES string of the molecule is Cc1c(F)cccc1NC(=O)C(C)(C)O. The number of carbonyl (C=O) groups excluding carboxylic acids is 1. The largest absolute Gasteiger partial charge is 0.381 e. The molecule has 0 fully saturated rings. The van der Waals surface area contributed by atoms with Gasteiger partial charge in [-0.05, 0) is 32.9 Å². The average Bonchev–Trinajstić information content (AvgIpc) is 2.11. The van der Waals surface area contributed by atoms with Crippen LogP contribution in [0.1, 0.15) is 19.4 Å². The Kier molecular flexibility index (Phi) is 3.09. The Morgan fingerprint density at radius 2 is 2.07 bits per heavy atom. The van der Waals surface area contributed by atoms with Crippen molar-refractivity contribution in [3.05, 3.63) is 29.6 Å². The van der Waals surface area contributed by atoms with Crippen LogP contribution in [0.3, 0.4) is 0 Å². The lowest BCUT2D eigenvalue weighted by Crippen LogP contribution is -2.36. The van der Waals surface area contributed by atoms with Crippen molar-refractivity contribution in [2.45, 2.75) is 26.4 Å². The minimum Gasteiger partial charge on any atom is -0.381 e. The average molecular weight is 211 g/mol. The standard InChI is InChI=1S/C11H14FNO2/c1-7-8(12)5-4-6-9(7)13-10(14)11(2,3)15/h4-6,15H,1-3H3,(H,13,14). The van der Waals surface area contributed by atoms with E-state index in [1.807, 2.05) is 0 Å². The first-order valence-electron chi connectivity index (χ1n) is 4.61. The first-order valence-corrected chi connectivity index (χ1v) is 4.61. The van der Waals surface area contributed by atoms with Gasteiger partial charge in [0.05, 0.1) is 0 Å². The number of aliphatic hydroxyl groups is 1. The number of hydrogen-bond acceptors (Lipinski definition) is 2. The van der Waals surface area contributed by atoms with E-state index in [0.29, 0.717) is 11.3 Å². The van der Waals surface area contributed by atoms with E-state index in [-0.39, 0.29) is 5.82 Å². The Balaban J connectivity index is 2.91. The predicted molar refractivity (Wildman–Crippen MR) is 56.1 cm³/mol. The zero-order chi connectivity index (χ0) is 11.6. The molecule has 0 saturated heterocycles. The van der Waals surface area contributed by atoms with Crippen molar-refractivity contribution in [3.63, 3.8) is 0 Å². The third-order valence-electron chi connectivity index (χ3n) is 2.07. The van der Waals surface area contributed by atoms with Gasteiger partial charge in [0.2, 0.25) is 0 Å². The van der Waals surface area contributed by atoms with Crippen LogP contribution < -0.4 is 5.32 Å². The highest BCUT2D eigenvalue weighted by atomic mass is 19.1. The summed E-state index contributed by atoms with van der Waals surface area (Å²) in [5.41, 5.74) is -0.740. The summed E-state index contributed by atoms with van der Waals surface area (Å²) in [5, 5.41) is 11.9. The molecule has 0 atom stereocenters. The zero-order valence-electron chi connectivity index (χ0n) is 8.97. The van der Waals surface area contributed by atoms with Gasteiger partial charge in [0.15, 0.2) is 0 Å². The zero-order valence-corrected chi connectivity index (χ0v) is 8.97. The van der Waals surface area contributed by atoms with Crippen molar-refractivity contribution < 1.29 is 14.3 Å². The van der Waals surface area contributed by atoms with Crippen molar-refractivity contribution in [1.82, 2.24) is 0 Å². The molecule has 1 amide bonds. The molecule has 3 nitrogen and oxygen atoms in total. The van der Waals surface area contributed by atoms with Crippen molar-refractivity contribution in [3.8, 4) is 0 Å². The lowest BCUT2D eigenvalue weighted by Gasteiger charge is -2.17. The molecule has 82 valence electrons. The first-order chi connectivity index (χ1) is 6.82. The summed E-state index contributed by atoms with van der Waals surface area (Å²) in [7, 11) is 0. The Bertz CT molecular complexity index is 383. The summed E-state index contributed by atoms with van der Waals surface area (Å²) in [5.74, 6) is -0.945. The van der Waals surface area contributed by atoms with E-state index in [2.05, 4.69) is 5.32 Å². The highest BCUT2D eigenvalue weighted by molar-refractivity contribution is 5.97. The molecule has 4 heteroatoms. The monoisotopic (exact) mass is 211 g/mol. The van der Waals surface area contributed by atoms with E-state index in [4.69, 9.17) is 0 Å². The van der Waals surface area contributed by atoms with Gasteiger partial charge in [-0.1, -0.05) is 6.07 Å². The normalized spacial score (nSPS) is 11.3. The van der Waals surface area contributed by atoms with Gasteiger partial charge in [-0.25, -0.2) is 4.39 Å². The van der Waals surface area contributed by atoms with Crippen molar-refractivity contribution in [2.24, 2.45) is 0 Å². The fourth-order valence-electron chi connectivity index (χ4n) is 1.02. The molecule has 1 aromatic rings. The summed E-state index contributed by atoms with van der Waals surface area (Å²) in [6.45, 7) is 4.31. The summed E-state index contributed by atoms with van der Waals surface area (Å²) in [6.07, 6.45) is 0. The quantitative estimate of drug-likeness (QED) is 0.784. The van der Waals surface area contributed by atoms with Crippen LogP contribution in [-0.2, 0) is 4.79 Å². The number of amides is 1. The van der Waals surface area contributed by atoms with E-state index in [1.165, 1.54) is 26.0 Å². The molecule has 0 saturated carbocycles. The Morgan fingerprint density at radius 1 is 1.47 bits per heavy atom. The fraction of sp³-hybridized carbons (Fsp3) is 0.364. The number of nitrogens with one attached hydrogen (secondary N) is 1. The number of halogens is 1. The lowest BCUT2D eigenvalue weighted by molar-refractivity contribution is -0.130. The minimum absolute atomic E-state index is 0.357. The topological polar surface area (TPSA) is 49.3 Å². The van der Waals surface area contributed by atoms with Gasteiger partial charge in [0.25, 0.3) is 5.91 Å². The molecule has 0 aliphatic rings. The second-order valence-electron chi connectivity index (χ2n) is 3.93. The van der Waals surface area contributed by atoms with Gasteiger partial charge >= 0.3 is 0 Å². The molecule has 0 radical (unpaired) electrons. The maximum Gasteiger partial charge on any atom is 0.255 e. The molecule has 1 rings (SSSR count). The van der Waals surface area contributed by atoms with Crippen LogP contribution in [0.25, 0.3) is 0 Å². The molecule has 0 heterocycles. The molecule has 1 aromatic carbocycles. The van der Waals surface area contributed by atoms with Gasteiger partial charge in [-0.2, -0.15) is 0 Å². The summed E-state index contributed by atoms with van der Waals surface area (Å²) < 4.78 is 13.1. The molecule has 0 bridgehead atoms. The molecule has 0 unspecified atom stereocenters. The van der Waals surface area contributed by atoms with E-state index in [1.54, 1.807) is 13.0 Å². The maximum atomic E-state index is 13.1. The van der Waals surface area contributed by atoms with Gasteiger partial charge in [-0.15, -0.1) is 0 Å². The number of benzene rings is 1. The third-order valence-corrected chi connectivity index (χ3v) is 2.07. The Hall–Kier alpha value is -1.42. The van der Waals surface area contributed by atoms with Gasteiger partial charge in [-0.3, -0.25) is 4.79 Å². The second kappa shape index (κ2) is 3.98. The van der Waals surface area contributed by atoms with E-state index in [9.17, 15) is 14.3 Å². The molecule has 0 aliphatic carbocycles. The fourth-order valence-corrected chi connectivity index (χ4v) is 1.02. The number of hydrogen-bond donors (Lipinski definition) is 2. The number of rotatable bonds is 2. The molecule has 0 aromatic heterocycles. The predicted octanol–water partition coefficient (Wildman–Crippen LogP) is 1.84. The van der Waals surface area contributed by atoms with Crippen molar-refractivity contribution >= 4 is 11.6 Å². The number of anilines is 1. The van der Waals surface area contributed by atoms with Crippen LogP contribution in [-0.4, -0.2) is 16.6 Å². The number of carbonyl (C=O) groups is 1. The molecule has 15 heavy (non-hydrogen) atoms. The molecule has 2 N–H and O–H groups in total. The van der Waals surface area contributed by atoms with E-state index >= 15 is 0 Å². The van der Waals surface area contributed by atoms with Gasteiger partial charge in [0.1, 0.15) is 11.4 Å². The summed E-state index contributed by atoms with van der Waals surface area (Å²) in [4.78, 5) is 11.4. The Morgan fingerprint density at radius 3 is 2.60 bits per heavy atom. The second-order valence-corrected chi connectivity index (χ2v) is 3.93. The summed E-state index contributed by atoms with van der Waals surface area (Å²) in [6, 6.07) is 4.40. The van der Waals surface area contributed by atoms with Crippen LogP contribution in [0.4, 0.5) is 10.1 Å². The smallest absolute Gasteiger partial charge is 0.255 e. The maximum absolute atomic E-state index is 13.1. The minimum atomic E-state index is -1.47. The van der Waals surface area contributed by atoms with Crippen molar-refractivity contribution in [2.75, 3.05) is 5.32 Å². The molecule has 0 spiro atoms. The lowest BCUT2D eigenvalue weighted by atomic mass is 10.1. The van der Waals surface area contributed by atoms with Gasteiger partial charge < -0.3 is 10.4 Å². The first kappa shape index (κ1) is 11.7. The van der Waals surface area contributed by atoms with Crippen LogP contribution in [0, 0.1) is 12.7 Å². The van der Waals surface area contributed by atoms with Gasteiger partial charge in [0, 0.05) is 11.3 Å². The van der Waals surface area contributed by atoms with E-state index < -0.39 is 11.5 Å². The van der Waals surface area contributed by atoms with Crippen LogP contribution in [0.15, 0.2) is 18.2 Å². The third kappa shape index (κ3) is 2.76. The van der Waals surface area contributed by atoms with Crippen LogP contribution >= 0.6 is 0 Å². The molecular formula is C11H14FNO2. The van der Waals surface area contributed by atoms with E-state index in [0.717, 1.165) is 0 Å². The van der Waals surface area contributed by atoms with Crippen molar-refractivity contribution in [1.29, 1.82) is 0 Å². The molecule has 0 aliphatic heterocycles.